The van der Waals surface area contributed by atoms with Crippen molar-refractivity contribution in [3.8, 4) is 0 Å². The molecule has 2 aromatic heterocycles. The predicted octanol–water partition coefficient (Wildman–Crippen LogP) is 3.40. The summed E-state index contributed by atoms with van der Waals surface area (Å²) in [5.41, 5.74) is 0.829. The molecule has 33 heavy (non-hydrogen) atoms. The second kappa shape index (κ2) is 8.89. The molecule has 1 aliphatic heterocycles. The third-order valence-electron chi connectivity index (χ3n) is 5.76. The number of aromatic nitrogens is 3. The molecule has 0 amide bonds. The van der Waals surface area contributed by atoms with Gasteiger partial charge in [0.2, 0.25) is 0 Å². The average Bonchev–Trinajstić information content (AvgIpc) is 2.81. The molecule has 0 bridgehead atoms. The number of aryl methyl sites for hydroxylation is 1. The Bertz CT molecular complexity index is 1220. The zero-order valence-corrected chi connectivity index (χ0v) is 18.5. The van der Waals surface area contributed by atoms with Crippen molar-refractivity contribution in [3.05, 3.63) is 52.1 Å². The van der Waals surface area contributed by atoms with E-state index < -0.39 is 17.8 Å². The van der Waals surface area contributed by atoms with Crippen LogP contribution in [0, 0.1) is 0 Å². The third-order valence-corrected chi connectivity index (χ3v) is 5.76. The minimum Gasteiger partial charge on any atom is -0.388 e. The lowest BCUT2D eigenvalue weighted by Crippen LogP contribution is -2.40. The van der Waals surface area contributed by atoms with Crippen LogP contribution >= 0.6 is 0 Å². The molecule has 0 saturated carbocycles. The van der Waals surface area contributed by atoms with Crippen LogP contribution in [0.15, 0.2) is 35.4 Å². The third kappa shape index (κ3) is 4.58. The highest BCUT2D eigenvalue weighted by Crippen LogP contribution is 2.34. The second-order valence-electron chi connectivity index (χ2n) is 7.91. The Morgan fingerprint density at radius 2 is 1.85 bits per heavy atom. The van der Waals surface area contributed by atoms with Gasteiger partial charge in [-0.3, -0.25) is 9.36 Å². The van der Waals surface area contributed by atoms with E-state index in [1.807, 2.05) is 4.90 Å². The smallest absolute Gasteiger partial charge is 0.388 e. The van der Waals surface area contributed by atoms with Gasteiger partial charge in [0.05, 0.1) is 30.2 Å². The number of nitrogens with one attached hydrogen (secondary N) is 2. The van der Waals surface area contributed by atoms with E-state index in [0.29, 0.717) is 60.1 Å². The van der Waals surface area contributed by atoms with E-state index in [1.165, 1.54) is 10.9 Å². The number of fused-ring (bicyclic) bond motifs is 1. The van der Waals surface area contributed by atoms with Gasteiger partial charge in [-0.2, -0.15) is 13.2 Å². The lowest BCUT2D eigenvalue weighted by molar-refractivity contribution is -0.137. The molecular formula is C22H25F3N6O2. The number of morpholine rings is 1. The monoisotopic (exact) mass is 462 g/mol. The number of pyridine rings is 1. The van der Waals surface area contributed by atoms with E-state index in [1.54, 1.807) is 33.2 Å². The van der Waals surface area contributed by atoms with Crippen molar-refractivity contribution in [1.82, 2.24) is 14.5 Å². The van der Waals surface area contributed by atoms with Crippen LogP contribution in [0.25, 0.3) is 11.0 Å². The van der Waals surface area contributed by atoms with Crippen molar-refractivity contribution in [2.24, 2.45) is 7.05 Å². The molecule has 0 unspecified atom stereocenters. The topological polar surface area (TPSA) is 84.3 Å². The van der Waals surface area contributed by atoms with Crippen molar-refractivity contribution >= 4 is 28.2 Å². The molecule has 0 radical (unpaired) electrons. The lowest BCUT2D eigenvalue weighted by atomic mass is 10.0. The van der Waals surface area contributed by atoms with Gasteiger partial charge in [0.15, 0.2) is 0 Å². The predicted molar refractivity (Wildman–Crippen MR) is 121 cm³/mol. The Morgan fingerprint density at radius 3 is 2.52 bits per heavy atom. The quantitative estimate of drug-likeness (QED) is 0.601. The average molecular weight is 462 g/mol. The van der Waals surface area contributed by atoms with Crippen molar-refractivity contribution in [3.63, 3.8) is 0 Å². The normalized spacial score (nSPS) is 15.5. The number of ether oxygens (including phenoxy) is 1. The molecule has 1 saturated heterocycles. The molecule has 11 heteroatoms. The van der Waals surface area contributed by atoms with E-state index >= 15 is 0 Å². The summed E-state index contributed by atoms with van der Waals surface area (Å²) in [6.07, 6.45) is -3.13. The van der Waals surface area contributed by atoms with Gasteiger partial charge in [-0.15, -0.1) is 0 Å². The summed E-state index contributed by atoms with van der Waals surface area (Å²) in [7, 11) is 3.21. The van der Waals surface area contributed by atoms with Crippen LogP contribution in [0.3, 0.4) is 0 Å². The summed E-state index contributed by atoms with van der Waals surface area (Å²) in [6.45, 7) is 3.99. The van der Waals surface area contributed by atoms with Gasteiger partial charge in [-0.1, -0.05) is 0 Å². The molecule has 3 heterocycles. The molecule has 1 atom stereocenters. The van der Waals surface area contributed by atoms with E-state index in [-0.39, 0.29) is 5.56 Å². The van der Waals surface area contributed by atoms with Crippen molar-refractivity contribution < 1.29 is 17.9 Å². The first kappa shape index (κ1) is 22.8. The molecule has 1 aliphatic rings. The summed E-state index contributed by atoms with van der Waals surface area (Å²) >= 11 is 0. The molecule has 0 spiro atoms. The summed E-state index contributed by atoms with van der Waals surface area (Å²) in [6, 6.07) is 5.09. The van der Waals surface area contributed by atoms with Gasteiger partial charge >= 0.3 is 6.18 Å². The Kier molecular flexibility index (Phi) is 6.15. The Balaban J connectivity index is 1.75. The maximum Gasteiger partial charge on any atom is 0.416 e. The van der Waals surface area contributed by atoms with Gasteiger partial charge in [-0.05, 0) is 36.8 Å². The Labute approximate surface area is 188 Å². The molecule has 176 valence electrons. The van der Waals surface area contributed by atoms with Crippen LogP contribution in [0.2, 0.25) is 0 Å². The molecular weight excluding hydrogens is 437 g/mol. The fourth-order valence-electron chi connectivity index (χ4n) is 3.90. The van der Waals surface area contributed by atoms with Crippen molar-refractivity contribution in [2.45, 2.75) is 19.1 Å². The summed E-state index contributed by atoms with van der Waals surface area (Å²) < 4.78 is 47.0. The van der Waals surface area contributed by atoms with Gasteiger partial charge in [-0.25, -0.2) is 9.97 Å². The van der Waals surface area contributed by atoms with Gasteiger partial charge < -0.3 is 20.3 Å². The number of benzene rings is 1. The van der Waals surface area contributed by atoms with Gasteiger partial charge in [0, 0.05) is 32.9 Å². The number of halogens is 3. The van der Waals surface area contributed by atoms with Crippen LogP contribution in [-0.2, 0) is 18.0 Å². The molecule has 2 N–H and O–H groups in total. The standard InChI is InChI=1S/C22H25F3N6O2/c1-13(14-8-15(22(23,24)25)10-16(9-14)26-2)29-19-17-11-18(31-4-6-33-7-5-31)21(32)30(3)20(17)28-12-27-19/h8-13,26H,4-7H2,1-3H3,(H,27,28,29)/t13-/m1/s1. The van der Waals surface area contributed by atoms with E-state index in [9.17, 15) is 18.0 Å². The molecule has 8 nitrogen and oxygen atoms in total. The second-order valence-corrected chi connectivity index (χ2v) is 7.91. The first-order valence-electron chi connectivity index (χ1n) is 10.5. The van der Waals surface area contributed by atoms with Crippen molar-refractivity contribution in [2.75, 3.05) is 48.9 Å². The first-order chi connectivity index (χ1) is 15.7. The highest BCUT2D eigenvalue weighted by molar-refractivity contribution is 5.89. The summed E-state index contributed by atoms with van der Waals surface area (Å²) in [5.74, 6) is 0.432. The van der Waals surface area contributed by atoms with Gasteiger partial charge in [0.25, 0.3) is 5.56 Å². The summed E-state index contributed by atoms with van der Waals surface area (Å²) in [4.78, 5) is 23.5. The molecule has 1 fully saturated rings. The SMILES string of the molecule is CNc1cc([C@@H](C)Nc2ncnc3c2cc(N2CCOCC2)c(=O)n3C)cc(C(F)(F)F)c1. The highest BCUT2D eigenvalue weighted by atomic mass is 19.4. The lowest BCUT2D eigenvalue weighted by Gasteiger charge is -2.29. The number of anilines is 3. The maximum atomic E-state index is 13.4. The van der Waals surface area contributed by atoms with Crippen LogP contribution < -0.4 is 21.1 Å². The highest BCUT2D eigenvalue weighted by Gasteiger charge is 2.31. The number of hydrogen-bond acceptors (Lipinski definition) is 7. The minimum absolute atomic E-state index is 0.182. The number of nitrogens with zero attached hydrogens (tertiary/aromatic N) is 4. The van der Waals surface area contributed by atoms with Crippen molar-refractivity contribution in [1.29, 1.82) is 0 Å². The Hall–Kier alpha value is -3.34. The molecule has 1 aromatic carbocycles. The number of hydrogen-bond donors (Lipinski definition) is 2. The van der Waals surface area contributed by atoms with Gasteiger partial charge in [0.1, 0.15) is 23.5 Å². The maximum absolute atomic E-state index is 13.4. The molecule has 0 aliphatic carbocycles. The molecule has 4 rings (SSSR count). The largest absolute Gasteiger partial charge is 0.416 e. The van der Waals surface area contributed by atoms with Crippen LogP contribution in [0.1, 0.15) is 24.1 Å². The zero-order chi connectivity index (χ0) is 23.8. The van der Waals surface area contributed by atoms with E-state index in [0.717, 1.165) is 12.1 Å². The van der Waals surface area contributed by atoms with Crippen LogP contribution in [-0.4, -0.2) is 47.9 Å². The number of rotatable bonds is 5. The van der Waals surface area contributed by atoms with E-state index in [4.69, 9.17) is 4.74 Å². The fraction of sp³-hybridized carbons (Fsp3) is 0.409. The fourth-order valence-corrected chi connectivity index (χ4v) is 3.90. The minimum atomic E-state index is -4.46. The zero-order valence-electron chi connectivity index (χ0n) is 18.5. The Morgan fingerprint density at radius 1 is 1.12 bits per heavy atom. The van der Waals surface area contributed by atoms with Crippen LogP contribution in [0.4, 0.5) is 30.4 Å². The number of alkyl halides is 3. The molecule has 3 aromatic rings. The summed E-state index contributed by atoms with van der Waals surface area (Å²) in [5, 5.41) is 6.59. The van der Waals surface area contributed by atoms with E-state index in [2.05, 4.69) is 20.6 Å². The first-order valence-corrected chi connectivity index (χ1v) is 10.5. The van der Waals surface area contributed by atoms with Crippen LogP contribution in [0.5, 0.6) is 0 Å².